The predicted molar refractivity (Wildman–Crippen MR) is 128 cm³/mol. The minimum Gasteiger partial charge on any atom is -0.366 e. The van der Waals surface area contributed by atoms with Gasteiger partial charge in [-0.25, -0.2) is 0 Å². The molecule has 0 bridgehead atoms. The molecule has 2 N–H and O–H groups in total. The average molecular weight is 444 g/mol. The predicted octanol–water partition coefficient (Wildman–Crippen LogP) is 6.72. The van der Waals surface area contributed by atoms with Gasteiger partial charge in [-0.05, 0) is 59.2 Å². The van der Waals surface area contributed by atoms with E-state index in [9.17, 15) is 4.79 Å². The topological polar surface area (TPSA) is 48.0 Å². The molecule has 5 aromatic rings. The second-order valence-electron chi connectivity index (χ2n) is 7.41. The van der Waals surface area contributed by atoms with Gasteiger partial charge >= 0.3 is 0 Å². The highest BCUT2D eigenvalue weighted by Gasteiger charge is 2.17. The summed E-state index contributed by atoms with van der Waals surface area (Å²) in [6.45, 7) is 0.561. The molecule has 151 valence electrons. The molecule has 4 aromatic carbocycles. The number of benzene rings is 4. The summed E-state index contributed by atoms with van der Waals surface area (Å²) in [5, 5.41) is 2.70. The smallest absolute Gasteiger partial charge is 0.249 e. The number of carbonyl (C=O) groups is 1. The lowest BCUT2D eigenvalue weighted by Gasteiger charge is -2.10. The number of aromatic nitrogens is 1. The Balaban J connectivity index is 1.80. The molecule has 0 spiro atoms. The van der Waals surface area contributed by atoms with Crippen molar-refractivity contribution in [3.63, 3.8) is 0 Å². The Bertz CT molecular complexity index is 1460. The summed E-state index contributed by atoms with van der Waals surface area (Å²) in [7, 11) is 0. The van der Waals surface area contributed by atoms with Crippen molar-refractivity contribution in [3.8, 4) is 11.1 Å². The number of nitrogens with zero attached hydrogens (tertiary/aromatic N) is 1. The van der Waals surface area contributed by atoms with Crippen LogP contribution >= 0.6 is 23.2 Å². The first-order valence-corrected chi connectivity index (χ1v) is 10.5. The van der Waals surface area contributed by atoms with Crippen LogP contribution in [0.1, 0.15) is 15.9 Å². The molecule has 0 saturated carbocycles. The minimum absolute atomic E-state index is 0.459. The highest BCUT2D eigenvalue weighted by Crippen LogP contribution is 2.35. The first kappa shape index (κ1) is 19.7. The second-order valence-corrected chi connectivity index (χ2v) is 8.23. The third kappa shape index (κ3) is 3.46. The van der Waals surface area contributed by atoms with Crippen molar-refractivity contribution in [1.82, 2.24) is 4.57 Å². The van der Waals surface area contributed by atoms with Crippen molar-refractivity contribution in [1.29, 1.82) is 0 Å². The Morgan fingerprint density at radius 2 is 1.68 bits per heavy atom. The molecule has 5 heteroatoms. The van der Waals surface area contributed by atoms with Gasteiger partial charge in [0.15, 0.2) is 0 Å². The second kappa shape index (κ2) is 7.77. The third-order valence-electron chi connectivity index (χ3n) is 5.49. The molecule has 0 aliphatic heterocycles. The van der Waals surface area contributed by atoms with Gasteiger partial charge in [-0.3, -0.25) is 4.79 Å². The van der Waals surface area contributed by atoms with Crippen LogP contribution in [-0.4, -0.2) is 10.5 Å². The summed E-state index contributed by atoms with van der Waals surface area (Å²) in [6.07, 6.45) is 0. The van der Waals surface area contributed by atoms with Crippen molar-refractivity contribution in [2.24, 2.45) is 5.73 Å². The molecule has 31 heavy (non-hydrogen) atoms. The zero-order valence-corrected chi connectivity index (χ0v) is 17.9. The number of hydrogen-bond donors (Lipinski definition) is 1. The molecule has 1 radical (unpaired) electrons. The van der Waals surface area contributed by atoms with Crippen molar-refractivity contribution >= 4 is 50.9 Å². The number of carbonyl (C=O) groups excluding carboxylic acids is 1. The Kier molecular flexibility index (Phi) is 4.93. The van der Waals surface area contributed by atoms with E-state index in [0.29, 0.717) is 22.2 Å². The molecule has 5 rings (SSSR count). The number of fused-ring (bicyclic) bond motifs is 3. The summed E-state index contributed by atoms with van der Waals surface area (Å²) in [4.78, 5) is 12.2. The number of hydrogen-bond acceptors (Lipinski definition) is 1. The van der Waals surface area contributed by atoms with Gasteiger partial charge in [0, 0.05) is 22.9 Å². The van der Waals surface area contributed by atoms with Crippen molar-refractivity contribution < 1.29 is 4.79 Å². The molecule has 1 amide bonds. The molecular formula is C26H17Cl2N2O. The average Bonchev–Trinajstić information content (AvgIpc) is 3.10. The largest absolute Gasteiger partial charge is 0.366 e. The van der Waals surface area contributed by atoms with Crippen LogP contribution in [0.5, 0.6) is 0 Å². The standard InChI is InChI=1S/C26H17Cl2N2O/c27-21-12-9-16(13-22(21)28)15-30-23-8-4-7-20(26(29)31)25(23)19-11-10-18(14-24(19)30)17-5-2-1-3-6-17/h1-10,12-14H,15H2,(H2,29,31). The van der Waals surface area contributed by atoms with Gasteiger partial charge in [-0.15, -0.1) is 0 Å². The highest BCUT2D eigenvalue weighted by atomic mass is 35.5. The van der Waals surface area contributed by atoms with E-state index in [-0.39, 0.29) is 0 Å². The molecule has 0 aliphatic carbocycles. The number of halogens is 2. The maximum Gasteiger partial charge on any atom is 0.249 e. The monoisotopic (exact) mass is 443 g/mol. The molecule has 3 nitrogen and oxygen atoms in total. The number of primary amides is 1. The van der Waals surface area contributed by atoms with Gasteiger partial charge in [-0.2, -0.15) is 0 Å². The molecular weight excluding hydrogens is 427 g/mol. The van der Waals surface area contributed by atoms with Gasteiger partial charge < -0.3 is 10.3 Å². The first-order chi connectivity index (χ1) is 15.0. The molecule has 0 atom stereocenters. The molecule has 0 saturated heterocycles. The van der Waals surface area contributed by atoms with Crippen LogP contribution in [0.4, 0.5) is 0 Å². The summed E-state index contributed by atoms with van der Waals surface area (Å²) in [6, 6.07) is 28.9. The summed E-state index contributed by atoms with van der Waals surface area (Å²) in [5.41, 5.74) is 11.2. The lowest BCUT2D eigenvalue weighted by Crippen LogP contribution is -2.11. The Morgan fingerprint density at radius 1 is 0.871 bits per heavy atom. The molecule has 0 unspecified atom stereocenters. The lowest BCUT2D eigenvalue weighted by atomic mass is 10.0. The normalized spacial score (nSPS) is 11.3. The van der Waals surface area contributed by atoms with Crippen molar-refractivity contribution in [2.45, 2.75) is 6.54 Å². The van der Waals surface area contributed by atoms with Crippen LogP contribution in [0.25, 0.3) is 32.9 Å². The molecule has 1 aromatic heterocycles. The van der Waals surface area contributed by atoms with Gasteiger partial charge in [0.2, 0.25) is 5.91 Å². The van der Waals surface area contributed by atoms with Crippen LogP contribution in [-0.2, 0) is 6.54 Å². The van der Waals surface area contributed by atoms with E-state index >= 15 is 0 Å². The van der Waals surface area contributed by atoms with Crippen molar-refractivity contribution in [3.05, 3.63) is 106 Å². The maximum atomic E-state index is 12.2. The fourth-order valence-electron chi connectivity index (χ4n) is 4.05. The van der Waals surface area contributed by atoms with Crippen LogP contribution in [0.3, 0.4) is 0 Å². The first-order valence-electron chi connectivity index (χ1n) is 9.79. The third-order valence-corrected chi connectivity index (χ3v) is 6.23. The van der Waals surface area contributed by atoms with E-state index in [4.69, 9.17) is 28.9 Å². The van der Waals surface area contributed by atoms with E-state index in [0.717, 1.165) is 38.5 Å². The molecule has 1 heterocycles. The highest BCUT2D eigenvalue weighted by molar-refractivity contribution is 6.42. The zero-order chi connectivity index (χ0) is 21.5. The Morgan fingerprint density at radius 3 is 2.42 bits per heavy atom. The summed E-state index contributed by atoms with van der Waals surface area (Å²) < 4.78 is 2.17. The lowest BCUT2D eigenvalue weighted by molar-refractivity contribution is 0.100. The summed E-state index contributed by atoms with van der Waals surface area (Å²) >= 11 is 12.4. The van der Waals surface area contributed by atoms with Gasteiger partial charge in [0.25, 0.3) is 0 Å². The fourth-order valence-corrected chi connectivity index (χ4v) is 4.37. The Hall–Kier alpha value is -3.27. The van der Waals surface area contributed by atoms with E-state index < -0.39 is 5.91 Å². The summed E-state index contributed by atoms with van der Waals surface area (Å²) in [5.74, 6) is -0.459. The van der Waals surface area contributed by atoms with E-state index in [1.165, 1.54) is 0 Å². The zero-order valence-electron chi connectivity index (χ0n) is 16.4. The molecule has 0 fully saturated rings. The van der Waals surface area contributed by atoms with Crippen LogP contribution in [0, 0.1) is 6.07 Å². The van der Waals surface area contributed by atoms with Gasteiger partial charge in [0.05, 0.1) is 21.1 Å². The van der Waals surface area contributed by atoms with Crippen LogP contribution in [0.2, 0.25) is 10.0 Å². The number of nitrogens with two attached hydrogens (primary N) is 1. The SMILES string of the molecule is NC(=O)c1cccc2c1c1[c]cc(-c3ccccc3)cc1n2Cc1ccc(Cl)c(Cl)c1. The fraction of sp³-hybridized carbons (Fsp3) is 0.0385. The van der Waals surface area contributed by atoms with Crippen molar-refractivity contribution in [2.75, 3.05) is 0 Å². The van der Waals surface area contributed by atoms with E-state index in [1.54, 1.807) is 12.1 Å². The number of rotatable bonds is 4. The minimum atomic E-state index is -0.459. The van der Waals surface area contributed by atoms with Gasteiger partial charge in [0.1, 0.15) is 0 Å². The van der Waals surface area contributed by atoms with E-state index in [2.05, 4.69) is 28.8 Å². The van der Waals surface area contributed by atoms with Gasteiger partial charge in [-0.1, -0.05) is 65.7 Å². The Labute approximate surface area is 189 Å². The van der Waals surface area contributed by atoms with Crippen LogP contribution < -0.4 is 5.73 Å². The number of amides is 1. The van der Waals surface area contributed by atoms with E-state index in [1.807, 2.05) is 48.5 Å². The quantitative estimate of drug-likeness (QED) is 0.329. The van der Waals surface area contributed by atoms with Crippen LogP contribution in [0.15, 0.2) is 78.9 Å². The molecule has 0 aliphatic rings. The maximum absolute atomic E-state index is 12.2.